The molecule has 0 spiro atoms. The number of aromatic nitrogens is 3. The largest absolute Gasteiger partial charge is 0.468 e. The van der Waals surface area contributed by atoms with E-state index in [1.165, 1.54) is 0 Å². The van der Waals surface area contributed by atoms with Crippen molar-refractivity contribution in [3.8, 4) is 23.0 Å². The van der Waals surface area contributed by atoms with Crippen molar-refractivity contribution in [2.24, 2.45) is 0 Å². The summed E-state index contributed by atoms with van der Waals surface area (Å²) in [5.41, 5.74) is 0.576. The van der Waals surface area contributed by atoms with Crippen molar-refractivity contribution in [1.82, 2.24) is 19.9 Å². The molecule has 3 aliphatic heterocycles. The van der Waals surface area contributed by atoms with Crippen molar-refractivity contribution in [1.29, 1.82) is 0 Å². The first kappa shape index (κ1) is 27.2. The van der Waals surface area contributed by atoms with E-state index in [4.69, 9.17) is 19.2 Å². The summed E-state index contributed by atoms with van der Waals surface area (Å²) >= 11 is 0. The lowest BCUT2D eigenvalue weighted by Crippen LogP contribution is -2.43. The molecule has 0 amide bonds. The zero-order chi connectivity index (χ0) is 28.7. The van der Waals surface area contributed by atoms with E-state index >= 15 is 4.39 Å². The second-order valence-electron chi connectivity index (χ2n) is 11.7. The van der Waals surface area contributed by atoms with Gasteiger partial charge in [-0.15, -0.1) is 0 Å². The van der Waals surface area contributed by atoms with Crippen molar-refractivity contribution in [2.45, 2.75) is 50.2 Å². The third kappa shape index (κ3) is 4.90. The van der Waals surface area contributed by atoms with Crippen molar-refractivity contribution < 1.29 is 23.0 Å². The molecule has 0 aliphatic carbocycles. The van der Waals surface area contributed by atoms with Gasteiger partial charge in [0.15, 0.2) is 12.6 Å². The molecule has 0 bridgehead atoms. The maximum atomic E-state index is 16.6. The van der Waals surface area contributed by atoms with Gasteiger partial charge in [-0.2, -0.15) is 9.97 Å². The Morgan fingerprint density at radius 2 is 1.86 bits per heavy atom. The van der Waals surface area contributed by atoms with E-state index in [-0.39, 0.29) is 36.2 Å². The molecule has 3 aliphatic rings. The van der Waals surface area contributed by atoms with Gasteiger partial charge in [-0.1, -0.05) is 24.3 Å². The van der Waals surface area contributed by atoms with Gasteiger partial charge in [-0.25, -0.2) is 8.78 Å². The monoisotopic (exact) mass is 575 g/mol. The number of fused-ring (bicyclic) bond motifs is 3. The predicted molar refractivity (Wildman–Crippen MR) is 157 cm³/mol. The summed E-state index contributed by atoms with van der Waals surface area (Å²) in [4.78, 5) is 18.4. The molecule has 2 aromatic carbocycles. The average molecular weight is 576 g/mol. The highest BCUT2D eigenvalue weighted by Crippen LogP contribution is 2.41. The minimum Gasteiger partial charge on any atom is -0.468 e. The van der Waals surface area contributed by atoms with Crippen molar-refractivity contribution >= 4 is 27.5 Å². The van der Waals surface area contributed by atoms with E-state index < -0.39 is 12.0 Å². The highest BCUT2D eigenvalue weighted by atomic mass is 19.1. The number of benzene rings is 2. The van der Waals surface area contributed by atoms with Crippen LogP contribution < -0.4 is 14.4 Å². The molecule has 220 valence electrons. The maximum absolute atomic E-state index is 16.6. The van der Waals surface area contributed by atoms with Gasteiger partial charge in [0.25, 0.3) is 0 Å². The smallest absolute Gasteiger partial charge is 0.319 e. The van der Waals surface area contributed by atoms with Crippen LogP contribution in [0.3, 0.4) is 0 Å². The number of anilines is 1. The molecule has 0 radical (unpaired) electrons. The van der Waals surface area contributed by atoms with Gasteiger partial charge >= 0.3 is 6.01 Å². The molecule has 0 unspecified atom stereocenters. The van der Waals surface area contributed by atoms with E-state index in [0.29, 0.717) is 35.5 Å². The molecule has 0 N–H and O–H groups in total. The zero-order valence-corrected chi connectivity index (χ0v) is 23.8. The molecule has 4 aromatic rings. The second kappa shape index (κ2) is 11.2. The minimum atomic E-state index is -0.861. The first-order valence-corrected chi connectivity index (χ1v) is 14.8. The van der Waals surface area contributed by atoms with Crippen molar-refractivity contribution in [3.05, 3.63) is 48.4 Å². The predicted octanol–water partition coefficient (Wildman–Crippen LogP) is 5.91. The summed E-state index contributed by atoms with van der Waals surface area (Å²) < 4.78 is 48.1. The lowest BCUT2D eigenvalue weighted by Gasteiger charge is -2.31. The lowest BCUT2D eigenvalue weighted by atomic mass is 9.95. The Kier molecular flexibility index (Phi) is 7.27. The molecule has 3 saturated heterocycles. The molecule has 2 aromatic heterocycles. The van der Waals surface area contributed by atoms with Gasteiger partial charge in [0.2, 0.25) is 0 Å². The van der Waals surface area contributed by atoms with Crippen LogP contribution in [0.1, 0.15) is 38.5 Å². The van der Waals surface area contributed by atoms with Gasteiger partial charge in [0, 0.05) is 44.9 Å². The SMILES string of the molecule is COCOc1cc(-c2ncc3c(N4CCCCC4)nc(OC[C@@]45CCCN4C[C@H](F)C5)nc3c2F)c2ccccc2c1. The van der Waals surface area contributed by atoms with E-state index in [2.05, 4.69) is 19.8 Å². The fourth-order valence-electron chi connectivity index (χ4n) is 6.96. The van der Waals surface area contributed by atoms with Gasteiger partial charge in [-0.3, -0.25) is 9.88 Å². The topological polar surface area (TPSA) is 72.8 Å². The number of piperidine rings is 1. The molecule has 7 rings (SSSR count). The Morgan fingerprint density at radius 1 is 1.00 bits per heavy atom. The second-order valence-corrected chi connectivity index (χ2v) is 11.7. The molecule has 5 heterocycles. The fraction of sp³-hybridized carbons (Fsp3) is 0.469. The summed E-state index contributed by atoms with van der Waals surface area (Å²) in [7, 11) is 1.55. The van der Waals surface area contributed by atoms with Crippen LogP contribution in [0.15, 0.2) is 42.6 Å². The molecule has 8 nitrogen and oxygen atoms in total. The summed E-state index contributed by atoms with van der Waals surface area (Å²) in [6.07, 6.45) is 6.35. The van der Waals surface area contributed by atoms with E-state index in [0.717, 1.165) is 62.5 Å². The summed E-state index contributed by atoms with van der Waals surface area (Å²) in [5.74, 6) is 0.637. The molecule has 0 saturated carbocycles. The van der Waals surface area contributed by atoms with Crippen LogP contribution in [0, 0.1) is 5.82 Å². The van der Waals surface area contributed by atoms with Gasteiger partial charge in [-0.05, 0) is 61.6 Å². The highest BCUT2D eigenvalue weighted by Gasteiger charge is 2.49. The number of methoxy groups -OCH3 is 1. The van der Waals surface area contributed by atoms with E-state index in [9.17, 15) is 4.39 Å². The number of hydrogen-bond acceptors (Lipinski definition) is 8. The Morgan fingerprint density at radius 3 is 2.71 bits per heavy atom. The zero-order valence-electron chi connectivity index (χ0n) is 23.8. The normalized spacial score (nSPS) is 22.6. The Bertz CT molecular complexity index is 1610. The number of nitrogens with zero attached hydrogens (tertiary/aromatic N) is 5. The third-order valence-corrected chi connectivity index (χ3v) is 8.96. The first-order valence-electron chi connectivity index (χ1n) is 14.8. The van der Waals surface area contributed by atoms with E-state index in [1.807, 2.05) is 30.3 Å². The first-order chi connectivity index (χ1) is 20.5. The average Bonchev–Trinajstić information content (AvgIpc) is 3.55. The number of rotatable bonds is 8. The van der Waals surface area contributed by atoms with Crippen LogP contribution in [0.5, 0.6) is 11.8 Å². The number of halogens is 2. The minimum absolute atomic E-state index is 0.0700. The fourth-order valence-corrected chi connectivity index (χ4v) is 6.96. The van der Waals surface area contributed by atoms with Gasteiger partial charge < -0.3 is 19.1 Å². The molecular formula is C32H35F2N5O3. The number of alkyl halides is 1. The van der Waals surface area contributed by atoms with Crippen molar-refractivity contribution in [2.75, 3.05) is 51.6 Å². The summed E-state index contributed by atoms with van der Waals surface area (Å²) in [6.45, 7) is 3.29. The molecule has 42 heavy (non-hydrogen) atoms. The van der Waals surface area contributed by atoms with Crippen LogP contribution in [0.4, 0.5) is 14.6 Å². The lowest BCUT2D eigenvalue weighted by molar-refractivity contribution is 0.0512. The number of pyridine rings is 1. The highest BCUT2D eigenvalue weighted by molar-refractivity contribution is 6.00. The summed E-state index contributed by atoms with van der Waals surface area (Å²) in [6, 6.07) is 11.5. The van der Waals surface area contributed by atoms with Crippen LogP contribution >= 0.6 is 0 Å². The van der Waals surface area contributed by atoms with Crippen molar-refractivity contribution in [3.63, 3.8) is 0 Å². The van der Waals surface area contributed by atoms with Crippen LogP contribution in [-0.2, 0) is 4.74 Å². The molecule has 3 fully saturated rings. The maximum Gasteiger partial charge on any atom is 0.319 e. The quantitative estimate of drug-likeness (QED) is 0.240. The molecule has 10 heteroatoms. The Balaban J connectivity index is 1.33. The standard InChI is InChI=1S/C32H35F2N5O3/c1-40-20-42-23-14-21-8-3-4-9-24(21)25(15-23)28-27(34)29-26(17-35-28)30(38-11-5-2-6-12-38)37-31(36-29)41-19-32-10-7-13-39(32)18-22(33)16-32/h3-4,8-9,14-15,17,22H,2,5-7,10-13,16,18-20H2,1H3/t22-,32+/m1/s1. The van der Waals surface area contributed by atoms with Crippen LogP contribution in [-0.4, -0.2) is 78.3 Å². The Hall–Kier alpha value is -3.63. The van der Waals surface area contributed by atoms with Crippen LogP contribution in [0.25, 0.3) is 32.9 Å². The Labute approximate surface area is 243 Å². The van der Waals surface area contributed by atoms with E-state index in [1.54, 1.807) is 19.4 Å². The number of ether oxygens (including phenoxy) is 3. The molecule has 2 atom stereocenters. The van der Waals surface area contributed by atoms with Gasteiger partial charge in [0.1, 0.15) is 35.6 Å². The summed E-state index contributed by atoms with van der Waals surface area (Å²) in [5, 5.41) is 2.29. The molecular weight excluding hydrogens is 540 g/mol. The van der Waals surface area contributed by atoms with Crippen LogP contribution in [0.2, 0.25) is 0 Å². The number of hydrogen-bond donors (Lipinski definition) is 0. The third-order valence-electron chi connectivity index (χ3n) is 8.96. The van der Waals surface area contributed by atoms with Gasteiger partial charge in [0.05, 0.1) is 10.9 Å².